The molecule has 0 aliphatic carbocycles. The monoisotopic (exact) mass is 198 g/mol. The highest BCUT2D eigenvalue weighted by atomic mass is 19.3. The van der Waals surface area contributed by atoms with Gasteiger partial charge in [-0.1, -0.05) is 6.07 Å². The van der Waals surface area contributed by atoms with Crippen LogP contribution in [0.3, 0.4) is 0 Å². The van der Waals surface area contributed by atoms with Crippen molar-refractivity contribution in [3.05, 3.63) is 30.1 Å². The maximum Gasteiger partial charge on any atom is 0.261 e. The van der Waals surface area contributed by atoms with E-state index < -0.39 is 5.92 Å². The van der Waals surface area contributed by atoms with Crippen molar-refractivity contribution >= 4 is 0 Å². The standard InChI is InChI=1S/C10H12F2N2/c11-10(12)4-6-14(8-10)7-9-3-1-2-5-13-9/h1-3,5H,4,6-8H2. The molecule has 76 valence electrons. The topological polar surface area (TPSA) is 16.1 Å². The predicted molar refractivity (Wildman–Crippen MR) is 49.1 cm³/mol. The normalized spacial score (nSPS) is 21.3. The fraction of sp³-hybridized carbons (Fsp3) is 0.500. The van der Waals surface area contributed by atoms with Crippen molar-refractivity contribution in [1.82, 2.24) is 9.88 Å². The number of nitrogens with zero attached hydrogens (tertiary/aromatic N) is 2. The van der Waals surface area contributed by atoms with E-state index >= 15 is 0 Å². The van der Waals surface area contributed by atoms with E-state index in [2.05, 4.69) is 4.98 Å². The minimum absolute atomic E-state index is 0.0279. The van der Waals surface area contributed by atoms with Crippen LogP contribution < -0.4 is 0 Å². The molecule has 1 aromatic rings. The Kier molecular flexibility index (Phi) is 2.46. The second kappa shape index (κ2) is 3.61. The molecule has 0 bridgehead atoms. The van der Waals surface area contributed by atoms with Crippen molar-refractivity contribution in [1.29, 1.82) is 0 Å². The lowest BCUT2D eigenvalue weighted by Crippen LogP contribution is -2.25. The Labute approximate surface area is 81.6 Å². The average Bonchev–Trinajstić information content (AvgIpc) is 2.47. The zero-order chi connectivity index (χ0) is 10.0. The van der Waals surface area contributed by atoms with Crippen LogP contribution in [0.4, 0.5) is 8.78 Å². The highest BCUT2D eigenvalue weighted by Crippen LogP contribution is 2.27. The van der Waals surface area contributed by atoms with Gasteiger partial charge >= 0.3 is 0 Å². The first-order valence-electron chi connectivity index (χ1n) is 4.66. The van der Waals surface area contributed by atoms with Crippen LogP contribution in [0.15, 0.2) is 24.4 Å². The number of hydrogen-bond donors (Lipinski definition) is 0. The molecule has 1 fully saturated rings. The van der Waals surface area contributed by atoms with Crippen molar-refractivity contribution in [2.45, 2.75) is 18.9 Å². The highest BCUT2D eigenvalue weighted by molar-refractivity contribution is 5.03. The van der Waals surface area contributed by atoms with Gasteiger partial charge in [0.15, 0.2) is 0 Å². The number of likely N-dealkylation sites (tertiary alicyclic amines) is 1. The summed E-state index contributed by atoms with van der Waals surface area (Å²) >= 11 is 0. The number of hydrogen-bond acceptors (Lipinski definition) is 2. The molecule has 1 saturated heterocycles. The highest BCUT2D eigenvalue weighted by Gasteiger charge is 2.37. The van der Waals surface area contributed by atoms with Crippen LogP contribution in [0, 0.1) is 0 Å². The lowest BCUT2D eigenvalue weighted by atomic mass is 10.3. The summed E-state index contributed by atoms with van der Waals surface area (Å²) in [4.78, 5) is 5.84. The summed E-state index contributed by atoms with van der Waals surface area (Å²) in [6.45, 7) is 0.851. The summed E-state index contributed by atoms with van der Waals surface area (Å²) in [5.74, 6) is -2.51. The number of aromatic nitrogens is 1. The lowest BCUT2D eigenvalue weighted by Gasteiger charge is -2.14. The van der Waals surface area contributed by atoms with E-state index in [1.807, 2.05) is 18.2 Å². The second-order valence-corrected chi connectivity index (χ2v) is 3.64. The summed E-state index contributed by atoms with van der Waals surface area (Å²) in [5, 5.41) is 0. The molecule has 1 aliphatic rings. The largest absolute Gasteiger partial charge is 0.291 e. The van der Waals surface area contributed by atoms with Crippen LogP contribution in [-0.4, -0.2) is 28.9 Å². The fourth-order valence-electron chi connectivity index (χ4n) is 1.66. The summed E-state index contributed by atoms with van der Waals surface area (Å²) in [7, 11) is 0. The van der Waals surface area contributed by atoms with Gasteiger partial charge in [-0.3, -0.25) is 9.88 Å². The summed E-state index contributed by atoms with van der Waals surface area (Å²) in [5.41, 5.74) is 0.852. The summed E-state index contributed by atoms with van der Waals surface area (Å²) < 4.78 is 25.7. The fourth-order valence-corrected chi connectivity index (χ4v) is 1.66. The zero-order valence-electron chi connectivity index (χ0n) is 7.79. The summed E-state index contributed by atoms with van der Waals surface area (Å²) in [6.07, 6.45) is 1.66. The number of pyridine rings is 1. The number of alkyl halides is 2. The SMILES string of the molecule is FC1(F)CCN(Cc2ccccn2)C1. The van der Waals surface area contributed by atoms with Gasteiger partial charge in [-0.25, -0.2) is 8.78 Å². The third-order valence-corrected chi connectivity index (χ3v) is 2.36. The molecule has 4 heteroatoms. The smallest absolute Gasteiger partial charge is 0.261 e. The number of halogens is 2. The zero-order valence-corrected chi connectivity index (χ0v) is 7.79. The van der Waals surface area contributed by atoms with E-state index in [-0.39, 0.29) is 13.0 Å². The van der Waals surface area contributed by atoms with Gasteiger partial charge in [0.1, 0.15) is 0 Å². The molecule has 2 rings (SSSR count). The Bertz CT molecular complexity index is 300. The van der Waals surface area contributed by atoms with E-state index in [0.717, 1.165) is 5.69 Å². The van der Waals surface area contributed by atoms with Gasteiger partial charge in [-0.15, -0.1) is 0 Å². The summed E-state index contributed by atoms with van der Waals surface area (Å²) in [6, 6.07) is 5.55. The average molecular weight is 198 g/mol. The minimum Gasteiger partial charge on any atom is -0.291 e. The molecule has 2 nitrogen and oxygen atoms in total. The van der Waals surface area contributed by atoms with Crippen LogP contribution >= 0.6 is 0 Å². The Hall–Kier alpha value is -1.03. The Balaban J connectivity index is 1.94. The van der Waals surface area contributed by atoms with E-state index in [9.17, 15) is 8.78 Å². The van der Waals surface area contributed by atoms with Crippen molar-refractivity contribution in [3.8, 4) is 0 Å². The van der Waals surface area contributed by atoms with Crippen LogP contribution in [-0.2, 0) is 6.54 Å². The quantitative estimate of drug-likeness (QED) is 0.721. The molecule has 0 radical (unpaired) electrons. The molecule has 0 atom stereocenters. The molecule has 2 heterocycles. The van der Waals surface area contributed by atoms with Crippen LogP contribution in [0.1, 0.15) is 12.1 Å². The van der Waals surface area contributed by atoms with Crippen LogP contribution in [0.25, 0.3) is 0 Å². The molecule has 1 aromatic heterocycles. The van der Waals surface area contributed by atoms with Gasteiger partial charge in [0.25, 0.3) is 5.92 Å². The Morgan fingerprint density at radius 3 is 2.86 bits per heavy atom. The third-order valence-electron chi connectivity index (χ3n) is 2.36. The number of rotatable bonds is 2. The first-order chi connectivity index (χ1) is 6.66. The molecular weight excluding hydrogens is 186 g/mol. The first kappa shape index (κ1) is 9.52. The van der Waals surface area contributed by atoms with Crippen LogP contribution in [0.2, 0.25) is 0 Å². The molecule has 0 aromatic carbocycles. The van der Waals surface area contributed by atoms with E-state index in [0.29, 0.717) is 13.1 Å². The molecule has 0 saturated carbocycles. The maximum atomic E-state index is 12.8. The Morgan fingerprint density at radius 2 is 2.29 bits per heavy atom. The van der Waals surface area contributed by atoms with E-state index in [4.69, 9.17) is 0 Å². The Morgan fingerprint density at radius 1 is 1.43 bits per heavy atom. The van der Waals surface area contributed by atoms with Crippen molar-refractivity contribution in [2.24, 2.45) is 0 Å². The predicted octanol–water partition coefficient (Wildman–Crippen LogP) is 1.92. The molecule has 0 N–H and O–H groups in total. The van der Waals surface area contributed by atoms with Gasteiger partial charge in [0.2, 0.25) is 0 Å². The first-order valence-corrected chi connectivity index (χ1v) is 4.66. The molecule has 0 amide bonds. The molecule has 14 heavy (non-hydrogen) atoms. The van der Waals surface area contributed by atoms with E-state index in [1.165, 1.54) is 0 Å². The van der Waals surface area contributed by atoms with Crippen molar-refractivity contribution in [2.75, 3.05) is 13.1 Å². The maximum absolute atomic E-state index is 12.8. The molecule has 0 unspecified atom stereocenters. The van der Waals surface area contributed by atoms with Gasteiger partial charge in [-0.2, -0.15) is 0 Å². The lowest BCUT2D eigenvalue weighted by molar-refractivity contribution is 0.0114. The van der Waals surface area contributed by atoms with Crippen LogP contribution in [0.5, 0.6) is 0 Å². The van der Waals surface area contributed by atoms with Gasteiger partial charge in [-0.05, 0) is 12.1 Å². The van der Waals surface area contributed by atoms with E-state index in [1.54, 1.807) is 11.1 Å². The van der Waals surface area contributed by atoms with Crippen molar-refractivity contribution in [3.63, 3.8) is 0 Å². The van der Waals surface area contributed by atoms with Gasteiger partial charge in [0.05, 0.1) is 12.2 Å². The molecule has 0 spiro atoms. The van der Waals surface area contributed by atoms with Crippen molar-refractivity contribution < 1.29 is 8.78 Å². The molecule has 1 aliphatic heterocycles. The second-order valence-electron chi connectivity index (χ2n) is 3.64. The minimum atomic E-state index is -2.51. The third kappa shape index (κ3) is 2.26. The van der Waals surface area contributed by atoms with Gasteiger partial charge in [0, 0.05) is 25.7 Å². The van der Waals surface area contributed by atoms with Gasteiger partial charge < -0.3 is 0 Å². The molecular formula is C10H12F2N2.